The molecule has 1 aliphatic heterocycles. The molecule has 2 rings (SSSR count). The summed E-state index contributed by atoms with van der Waals surface area (Å²) < 4.78 is 13.0. The number of aromatic nitrogens is 2. The van der Waals surface area contributed by atoms with Gasteiger partial charge in [0.2, 0.25) is 5.88 Å². The van der Waals surface area contributed by atoms with Gasteiger partial charge in [0.1, 0.15) is 18.9 Å². The smallest absolute Gasteiger partial charge is 0.245 e. The number of ether oxygens (including phenoxy) is 1. The Morgan fingerprint density at radius 1 is 1.65 bits per heavy atom. The van der Waals surface area contributed by atoms with E-state index in [2.05, 4.69) is 14.1 Å². The second-order valence-electron chi connectivity index (χ2n) is 4.00. The summed E-state index contributed by atoms with van der Waals surface area (Å²) >= 11 is 3.11. The number of nitrogens with zero attached hydrogens (tertiary/aromatic N) is 2. The van der Waals surface area contributed by atoms with Crippen LogP contribution in [0, 0.1) is 0 Å². The number of hydrogen-bond donors (Lipinski definition) is 2. The third-order valence-electron chi connectivity index (χ3n) is 2.54. The van der Waals surface area contributed by atoms with Crippen molar-refractivity contribution in [3.63, 3.8) is 0 Å². The van der Waals surface area contributed by atoms with Gasteiger partial charge in [-0.1, -0.05) is 0 Å². The van der Waals surface area contributed by atoms with Gasteiger partial charge in [-0.2, -0.15) is 16.1 Å². The van der Waals surface area contributed by atoms with E-state index in [0.29, 0.717) is 17.7 Å². The van der Waals surface area contributed by atoms with Crippen LogP contribution < -0.4 is 10.1 Å². The van der Waals surface area contributed by atoms with E-state index in [4.69, 9.17) is 4.74 Å². The summed E-state index contributed by atoms with van der Waals surface area (Å²) in [5, 5.41) is 13.7. The minimum absolute atomic E-state index is 0.260. The molecule has 7 heteroatoms. The Morgan fingerprint density at radius 2 is 2.59 bits per heavy atom. The summed E-state index contributed by atoms with van der Waals surface area (Å²) in [4.78, 5) is 0. The van der Waals surface area contributed by atoms with Gasteiger partial charge in [0.25, 0.3) is 0 Å². The maximum atomic E-state index is 9.68. The molecule has 17 heavy (non-hydrogen) atoms. The standard InChI is InChI=1S/C10H17N3O2S2/c14-8(7-15-10-6-12-17-13-10)4-11-5-9-2-1-3-16-9/h6,8-9,11,14H,1-5,7H2. The second kappa shape index (κ2) is 7.15. The zero-order valence-electron chi connectivity index (χ0n) is 9.54. The van der Waals surface area contributed by atoms with Crippen molar-refractivity contribution in [2.24, 2.45) is 0 Å². The number of aliphatic hydroxyl groups is 1. The molecular formula is C10H17N3O2S2. The number of thioether (sulfide) groups is 1. The first kappa shape index (κ1) is 13.1. The molecule has 0 bridgehead atoms. The van der Waals surface area contributed by atoms with Gasteiger partial charge >= 0.3 is 0 Å². The molecule has 96 valence electrons. The van der Waals surface area contributed by atoms with Gasteiger partial charge in [0.05, 0.1) is 11.7 Å². The maximum absolute atomic E-state index is 9.68. The molecule has 0 amide bonds. The Morgan fingerprint density at radius 3 is 3.29 bits per heavy atom. The van der Waals surface area contributed by atoms with E-state index in [1.165, 1.54) is 18.6 Å². The average Bonchev–Trinajstić information content (AvgIpc) is 2.99. The first-order chi connectivity index (χ1) is 8.34. The molecule has 2 heterocycles. The zero-order chi connectivity index (χ0) is 11.9. The van der Waals surface area contributed by atoms with Crippen molar-refractivity contribution in [2.45, 2.75) is 24.2 Å². The van der Waals surface area contributed by atoms with E-state index in [1.807, 2.05) is 11.8 Å². The summed E-state index contributed by atoms with van der Waals surface area (Å²) in [7, 11) is 0. The number of hydrogen-bond acceptors (Lipinski definition) is 7. The molecule has 0 spiro atoms. The summed E-state index contributed by atoms with van der Waals surface area (Å²) in [6.45, 7) is 1.80. The zero-order valence-corrected chi connectivity index (χ0v) is 11.2. The Labute approximate surface area is 109 Å². The quantitative estimate of drug-likeness (QED) is 0.766. The minimum Gasteiger partial charge on any atom is -0.473 e. The summed E-state index contributed by atoms with van der Waals surface area (Å²) in [5.74, 6) is 1.76. The fourth-order valence-corrected chi connectivity index (χ4v) is 3.28. The molecule has 1 saturated heterocycles. The van der Waals surface area contributed by atoms with Crippen molar-refractivity contribution in [1.82, 2.24) is 14.1 Å². The summed E-state index contributed by atoms with van der Waals surface area (Å²) in [5.41, 5.74) is 0. The molecule has 1 fully saturated rings. The monoisotopic (exact) mass is 275 g/mol. The molecule has 1 aliphatic rings. The fourth-order valence-electron chi connectivity index (χ4n) is 1.68. The lowest BCUT2D eigenvalue weighted by Crippen LogP contribution is -2.34. The van der Waals surface area contributed by atoms with Crippen molar-refractivity contribution >= 4 is 23.5 Å². The second-order valence-corrected chi connectivity index (χ2v) is 5.97. The first-order valence-electron chi connectivity index (χ1n) is 5.75. The molecule has 0 aromatic carbocycles. The van der Waals surface area contributed by atoms with Crippen molar-refractivity contribution in [2.75, 3.05) is 25.4 Å². The van der Waals surface area contributed by atoms with E-state index < -0.39 is 6.10 Å². The van der Waals surface area contributed by atoms with Gasteiger partial charge < -0.3 is 15.2 Å². The third-order valence-corrected chi connectivity index (χ3v) is 4.40. The van der Waals surface area contributed by atoms with E-state index in [-0.39, 0.29) is 6.61 Å². The molecule has 0 aliphatic carbocycles. The van der Waals surface area contributed by atoms with Gasteiger partial charge in [-0.25, -0.2) is 0 Å². The molecule has 5 nitrogen and oxygen atoms in total. The largest absolute Gasteiger partial charge is 0.473 e. The van der Waals surface area contributed by atoms with Crippen LogP contribution in [0.3, 0.4) is 0 Å². The minimum atomic E-state index is -0.497. The molecule has 0 radical (unpaired) electrons. The average molecular weight is 275 g/mol. The van der Waals surface area contributed by atoms with E-state index >= 15 is 0 Å². The highest BCUT2D eigenvalue weighted by Crippen LogP contribution is 2.25. The van der Waals surface area contributed by atoms with E-state index in [0.717, 1.165) is 18.3 Å². The van der Waals surface area contributed by atoms with Crippen LogP contribution in [-0.2, 0) is 0 Å². The fraction of sp³-hybridized carbons (Fsp3) is 0.800. The molecule has 2 atom stereocenters. The van der Waals surface area contributed by atoms with Crippen LogP contribution in [0.4, 0.5) is 0 Å². The van der Waals surface area contributed by atoms with E-state index in [9.17, 15) is 5.11 Å². The van der Waals surface area contributed by atoms with Crippen LogP contribution >= 0.6 is 23.5 Å². The lowest BCUT2D eigenvalue weighted by atomic mass is 10.2. The van der Waals surface area contributed by atoms with Crippen LogP contribution in [-0.4, -0.2) is 50.7 Å². The van der Waals surface area contributed by atoms with Crippen LogP contribution in [0.5, 0.6) is 5.88 Å². The maximum Gasteiger partial charge on any atom is 0.245 e. The first-order valence-corrected chi connectivity index (χ1v) is 7.53. The topological polar surface area (TPSA) is 67.3 Å². The van der Waals surface area contributed by atoms with Crippen LogP contribution in [0.15, 0.2) is 6.20 Å². The van der Waals surface area contributed by atoms with Crippen molar-refractivity contribution in [3.8, 4) is 5.88 Å². The van der Waals surface area contributed by atoms with Gasteiger partial charge in [0.15, 0.2) is 0 Å². The van der Waals surface area contributed by atoms with E-state index in [1.54, 1.807) is 6.20 Å². The Kier molecular flexibility index (Phi) is 5.50. The SMILES string of the molecule is OC(CNCC1CCCS1)COc1cnsn1. The van der Waals surface area contributed by atoms with Crippen LogP contribution in [0.1, 0.15) is 12.8 Å². The molecule has 2 N–H and O–H groups in total. The van der Waals surface area contributed by atoms with Gasteiger partial charge in [0, 0.05) is 18.3 Å². The molecule has 1 aromatic rings. The van der Waals surface area contributed by atoms with Crippen molar-refractivity contribution < 1.29 is 9.84 Å². The number of aliphatic hydroxyl groups excluding tert-OH is 1. The molecule has 1 aromatic heterocycles. The lowest BCUT2D eigenvalue weighted by molar-refractivity contribution is 0.104. The highest BCUT2D eigenvalue weighted by Gasteiger charge is 2.15. The number of nitrogens with one attached hydrogen (secondary N) is 1. The van der Waals surface area contributed by atoms with Crippen molar-refractivity contribution in [3.05, 3.63) is 6.20 Å². The highest BCUT2D eigenvalue weighted by atomic mass is 32.2. The lowest BCUT2D eigenvalue weighted by Gasteiger charge is -2.14. The summed E-state index contributed by atoms with van der Waals surface area (Å²) in [6, 6.07) is 0. The Bertz CT molecular complexity index is 305. The predicted octanol–water partition coefficient (Wildman–Crippen LogP) is 0.763. The normalized spacial score (nSPS) is 21.6. The van der Waals surface area contributed by atoms with Crippen LogP contribution in [0.2, 0.25) is 0 Å². The van der Waals surface area contributed by atoms with Gasteiger partial charge in [-0.3, -0.25) is 0 Å². The summed E-state index contributed by atoms with van der Waals surface area (Å²) in [6.07, 6.45) is 3.66. The highest BCUT2D eigenvalue weighted by molar-refractivity contribution is 8.00. The number of rotatable bonds is 7. The third kappa shape index (κ3) is 4.79. The van der Waals surface area contributed by atoms with Crippen LogP contribution in [0.25, 0.3) is 0 Å². The molecular weight excluding hydrogens is 258 g/mol. The Hall–Kier alpha value is -0.370. The molecule has 0 saturated carbocycles. The van der Waals surface area contributed by atoms with Gasteiger partial charge in [-0.05, 0) is 18.6 Å². The molecule has 2 unspecified atom stereocenters. The predicted molar refractivity (Wildman–Crippen MR) is 69.8 cm³/mol. The van der Waals surface area contributed by atoms with Crippen molar-refractivity contribution in [1.29, 1.82) is 0 Å². The Balaban J connectivity index is 1.52. The van der Waals surface area contributed by atoms with Gasteiger partial charge in [-0.15, -0.1) is 4.37 Å².